The maximum atomic E-state index is 12.6. The third-order valence-corrected chi connectivity index (χ3v) is 4.67. The van der Waals surface area contributed by atoms with Gasteiger partial charge in [-0.05, 0) is 36.8 Å². The summed E-state index contributed by atoms with van der Waals surface area (Å²) < 4.78 is 25.2. The highest BCUT2D eigenvalue weighted by Crippen LogP contribution is 2.25. The number of carbonyl (C=O) groups is 1. The van der Waals surface area contributed by atoms with E-state index in [1.54, 1.807) is 31.2 Å². The zero-order valence-electron chi connectivity index (χ0n) is 10.8. The molecule has 3 N–H and O–H groups in total. The first-order valence-electron chi connectivity index (χ1n) is 5.88. The van der Waals surface area contributed by atoms with Crippen LogP contribution in [0.4, 0.5) is 0 Å². The molecule has 0 bridgehead atoms. The highest BCUT2D eigenvalue weighted by Gasteiger charge is 2.24. The Bertz CT molecular complexity index is 740. The lowest BCUT2D eigenvalue weighted by atomic mass is 10.1. The maximum Gasteiger partial charge on any atom is 0.266 e. The maximum absolute atomic E-state index is 12.6. The third-order valence-electron chi connectivity index (χ3n) is 2.86. The van der Waals surface area contributed by atoms with Gasteiger partial charge in [-0.2, -0.15) is 0 Å². The number of rotatable bonds is 3. The second-order valence-corrected chi connectivity index (χ2v) is 6.21. The molecule has 0 heterocycles. The Kier molecular flexibility index (Phi) is 3.87. The fraction of sp³-hybridized carbons (Fsp3) is 0.0714. The van der Waals surface area contributed by atoms with Gasteiger partial charge in [0.25, 0.3) is 5.91 Å². The van der Waals surface area contributed by atoms with Crippen molar-refractivity contribution in [3.63, 3.8) is 0 Å². The van der Waals surface area contributed by atoms with Gasteiger partial charge in [0, 0.05) is 0 Å². The van der Waals surface area contributed by atoms with E-state index in [-0.39, 0.29) is 15.4 Å². The van der Waals surface area contributed by atoms with E-state index in [0.717, 1.165) is 5.56 Å². The summed E-state index contributed by atoms with van der Waals surface area (Å²) in [5.41, 5.74) is 2.73. The number of nitrogens with one attached hydrogen (secondary N) is 1. The van der Waals surface area contributed by atoms with E-state index >= 15 is 0 Å². The van der Waals surface area contributed by atoms with E-state index in [9.17, 15) is 13.2 Å². The number of amides is 1. The van der Waals surface area contributed by atoms with Crippen LogP contribution in [-0.4, -0.2) is 14.3 Å². The summed E-state index contributed by atoms with van der Waals surface area (Å²) in [7, 11) is -3.76. The Morgan fingerprint density at radius 3 is 2.35 bits per heavy atom. The highest BCUT2D eigenvalue weighted by atomic mass is 32.2. The zero-order chi connectivity index (χ0) is 14.8. The first-order valence-corrected chi connectivity index (χ1v) is 7.37. The molecule has 0 aliphatic carbocycles. The number of nitrogen functional groups attached to an aromatic ring is 1. The Balaban J connectivity index is 2.69. The molecule has 2 aromatic carbocycles. The lowest BCUT2D eigenvalue weighted by molar-refractivity contribution is 0.0950. The molecule has 1 amide bonds. The Hall–Kier alpha value is -2.18. The summed E-state index contributed by atoms with van der Waals surface area (Å²) in [4.78, 5) is 11.8. The first-order chi connectivity index (χ1) is 9.46. The normalized spacial score (nSPS) is 11.1. The molecule has 0 aromatic heterocycles. The molecule has 0 saturated carbocycles. The largest absolute Gasteiger partial charge is 0.290 e. The number of carbonyl (C=O) groups excluding carboxylic acids is 1. The molecule has 2 aromatic rings. The Morgan fingerprint density at radius 1 is 1.10 bits per heavy atom. The van der Waals surface area contributed by atoms with E-state index in [1.807, 2.05) is 5.43 Å². The molecule has 0 aliphatic rings. The van der Waals surface area contributed by atoms with Crippen LogP contribution in [0.3, 0.4) is 0 Å². The van der Waals surface area contributed by atoms with Gasteiger partial charge in [0.15, 0.2) is 0 Å². The van der Waals surface area contributed by atoms with E-state index in [0.29, 0.717) is 0 Å². The SMILES string of the molecule is Cc1ccc(C(=O)NN)c(S(=O)(=O)c2ccccc2)c1. The van der Waals surface area contributed by atoms with Gasteiger partial charge in [0.05, 0.1) is 15.4 Å². The summed E-state index contributed by atoms with van der Waals surface area (Å²) in [5, 5.41) is 0. The van der Waals surface area contributed by atoms with Crippen molar-refractivity contribution in [1.82, 2.24) is 5.43 Å². The van der Waals surface area contributed by atoms with Crippen LogP contribution in [0.2, 0.25) is 0 Å². The Labute approximate surface area is 117 Å². The quantitative estimate of drug-likeness (QED) is 0.508. The van der Waals surface area contributed by atoms with Crippen molar-refractivity contribution in [1.29, 1.82) is 0 Å². The van der Waals surface area contributed by atoms with Gasteiger partial charge in [-0.1, -0.05) is 24.3 Å². The van der Waals surface area contributed by atoms with Gasteiger partial charge >= 0.3 is 0 Å². The van der Waals surface area contributed by atoms with Gasteiger partial charge in [0.2, 0.25) is 9.84 Å². The van der Waals surface area contributed by atoms with Gasteiger partial charge in [0.1, 0.15) is 0 Å². The molecule has 104 valence electrons. The summed E-state index contributed by atoms with van der Waals surface area (Å²) in [6.45, 7) is 1.76. The fourth-order valence-corrected chi connectivity index (χ4v) is 3.40. The van der Waals surface area contributed by atoms with Crippen LogP contribution in [0.5, 0.6) is 0 Å². The number of nitrogens with two attached hydrogens (primary N) is 1. The number of sulfone groups is 1. The molecule has 5 nitrogen and oxygen atoms in total. The number of benzene rings is 2. The number of hydrogen-bond donors (Lipinski definition) is 2. The molecule has 0 fully saturated rings. The average Bonchev–Trinajstić information content (AvgIpc) is 2.47. The number of aryl methyl sites for hydroxylation is 1. The summed E-state index contributed by atoms with van der Waals surface area (Å²) in [6, 6.07) is 12.5. The van der Waals surface area contributed by atoms with Crippen LogP contribution in [0.25, 0.3) is 0 Å². The Morgan fingerprint density at radius 2 is 1.75 bits per heavy atom. The highest BCUT2D eigenvalue weighted by molar-refractivity contribution is 7.91. The van der Waals surface area contributed by atoms with Crippen LogP contribution in [0.1, 0.15) is 15.9 Å². The molecule has 20 heavy (non-hydrogen) atoms. The van der Waals surface area contributed by atoms with Crippen molar-refractivity contribution < 1.29 is 13.2 Å². The molecule has 0 atom stereocenters. The molecular formula is C14H14N2O3S. The molecule has 0 aliphatic heterocycles. The third kappa shape index (κ3) is 2.56. The number of hydrogen-bond acceptors (Lipinski definition) is 4. The minimum absolute atomic E-state index is 0.0296. The minimum atomic E-state index is -3.76. The monoisotopic (exact) mass is 290 g/mol. The summed E-state index contributed by atoms with van der Waals surface area (Å²) >= 11 is 0. The first kappa shape index (κ1) is 14.2. The van der Waals surface area contributed by atoms with Gasteiger partial charge in [-0.15, -0.1) is 0 Å². The van der Waals surface area contributed by atoms with Crippen molar-refractivity contribution in [2.45, 2.75) is 16.7 Å². The second-order valence-electron chi connectivity index (χ2n) is 4.29. The molecule has 6 heteroatoms. The molecule has 0 saturated heterocycles. The predicted molar refractivity (Wildman–Crippen MR) is 74.7 cm³/mol. The van der Waals surface area contributed by atoms with Crippen molar-refractivity contribution in [3.8, 4) is 0 Å². The van der Waals surface area contributed by atoms with E-state index in [4.69, 9.17) is 5.84 Å². The summed E-state index contributed by atoms with van der Waals surface area (Å²) in [6.07, 6.45) is 0. The second kappa shape index (κ2) is 5.44. The van der Waals surface area contributed by atoms with Crippen LogP contribution in [0.15, 0.2) is 58.3 Å². The van der Waals surface area contributed by atoms with E-state index < -0.39 is 15.7 Å². The van der Waals surface area contributed by atoms with Crippen molar-refractivity contribution >= 4 is 15.7 Å². The van der Waals surface area contributed by atoms with Crippen molar-refractivity contribution in [2.24, 2.45) is 5.84 Å². The number of hydrazine groups is 1. The van der Waals surface area contributed by atoms with Crippen LogP contribution >= 0.6 is 0 Å². The van der Waals surface area contributed by atoms with Crippen molar-refractivity contribution in [2.75, 3.05) is 0 Å². The molecular weight excluding hydrogens is 276 g/mol. The lowest BCUT2D eigenvalue weighted by Crippen LogP contribution is -2.31. The fourth-order valence-electron chi connectivity index (χ4n) is 1.84. The average molecular weight is 290 g/mol. The topological polar surface area (TPSA) is 89.3 Å². The minimum Gasteiger partial charge on any atom is -0.290 e. The van der Waals surface area contributed by atoms with E-state index in [2.05, 4.69) is 0 Å². The zero-order valence-corrected chi connectivity index (χ0v) is 11.6. The standard InChI is InChI=1S/C14H14N2O3S/c1-10-7-8-12(14(17)16-15)13(9-10)20(18,19)11-5-3-2-4-6-11/h2-9H,15H2,1H3,(H,16,17). The summed E-state index contributed by atoms with van der Waals surface area (Å²) in [5.74, 6) is 4.46. The van der Waals surface area contributed by atoms with Crippen LogP contribution < -0.4 is 11.3 Å². The predicted octanol–water partition coefficient (Wildman–Crippen LogP) is 1.43. The smallest absolute Gasteiger partial charge is 0.266 e. The molecule has 0 radical (unpaired) electrons. The van der Waals surface area contributed by atoms with E-state index in [1.165, 1.54) is 24.3 Å². The molecule has 0 unspecified atom stereocenters. The molecule has 2 rings (SSSR count). The molecule has 0 spiro atoms. The van der Waals surface area contributed by atoms with Gasteiger partial charge in [-0.3, -0.25) is 10.2 Å². The van der Waals surface area contributed by atoms with Crippen LogP contribution in [-0.2, 0) is 9.84 Å². The van der Waals surface area contributed by atoms with Gasteiger partial charge in [-0.25, -0.2) is 14.3 Å². The lowest BCUT2D eigenvalue weighted by Gasteiger charge is -2.10. The van der Waals surface area contributed by atoms with Crippen molar-refractivity contribution in [3.05, 3.63) is 59.7 Å². The van der Waals surface area contributed by atoms with Gasteiger partial charge < -0.3 is 0 Å². The van der Waals surface area contributed by atoms with Crippen LogP contribution in [0, 0.1) is 6.92 Å².